The Morgan fingerprint density at radius 1 is 1.38 bits per heavy atom. The summed E-state index contributed by atoms with van der Waals surface area (Å²) in [7, 11) is 0. The number of esters is 1. The molecule has 11 nitrogen and oxygen atoms in total. The molecule has 2 rings (SSSR count). The Morgan fingerprint density at radius 3 is 2.62 bits per heavy atom. The van der Waals surface area contributed by atoms with E-state index in [2.05, 4.69) is 4.98 Å². The number of rotatable bonds is 6. The number of aromatic nitrogens is 2. The number of aliphatic hydroxyl groups excluding tert-OH is 2. The van der Waals surface area contributed by atoms with E-state index in [1.807, 2.05) is 0 Å². The predicted octanol–water partition coefficient (Wildman–Crippen LogP) is -2.51. The molecular formula is C15H22N4O7. The van der Waals surface area contributed by atoms with Crippen LogP contribution in [0.4, 0.5) is 0 Å². The lowest BCUT2D eigenvalue weighted by Gasteiger charge is -2.18. The van der Waals surface area contributed by atoms with E-state index in [-0.39, 0.29) is 12.5 Å². The third-order valence-electron chi connectivity index (χ3n) is 4.09. The summed E-state index contributed by atoms with van der Waals surface area (Å²) in [6.07, 6.45) is -3.01. The van der Waals surface area contributed by atoms with Gasteiger partial charge in [-0.25, -0.2) is 4.98 Å². The summed E-state index contributed by atoms with van der Waals surface area (Å²) in [6.45, 7) is 3.13. The molecule has 1 aliphatic heterocycles. The summed E-state index contributed by atoms with van der Waals surface area (Å²) in [5, 5.41) is 20.3. The van der Waals surface area contributed by atoms with Gasteiger partial charge in [-0.3, -0.25) is 19.0 Å². The van der Waals surface area contributed by atoms with Gasteiger partial charge in [0.05, 0.1) is 0 Å². The van der Waals surface area contributed by atoms with Crippen LogP contribution in [0.15, 0.2) is 17.2 Å². The van der Waals surface area contributed by atoms with Crippen LogP contribution in [0.25, 0.3) is 0 Å². The Kier molecular flexibility index (Phi) is 6.08. The van der Waals surface area contributed by atoms with Crippen LogP contribution < -0.4 is 17.0 Å². The van der Waals surface area contributed by atoms with E-state index < -0.39 is 53.7 Å². The second kappa shape index (κ2) is 7.91. The quantitative estimate of drug-likeness (QED) is 0.393. The van der Waals surface area contributed by atoms with E-state index in [1.165, 1.54) is 6.20 Å². The molecule has 11 heteroatoms. The lowest BCUT2D eigenvalue weighted by Crippen LogP contribution is -2.40. The van der Waals surface area contributed by atoms with Gasteiger partial charge in [0.25, 0.3) is 11.5 Å². The SMILES string of the molecule is CC(C)[C@H](N)C(=O)OC[C@H]1O[C@@H](n2ccnc(C(N)=O)c2=O)[C@H](O)[C@@H]1O. The molecule has 1 saturated heterocycles. The number of carbonyl (C=O) groups is 2. The summed E-state index contributed by atoms with van der Waals surface area (Å²) in [5.41, 5.74) is 9.32. The average molecular weight is 370 g/mol. The van der Waals surface area contributed by atoms with E-state index >= 15 is 0 Å². The van der Waals surface area contributed by atoms with E-state index in [0.29, 0.717) is 0 Å². The molecule has 6 N–H and O–H groups in total. The van der Waals surface area contributed by atoms with Gasteiger partial charge < -0.3 is 31.2 Å². The Hall–Kier alpha value is -2.34. The number of hydrogen-bond donors (Lipinski definition) is 4. The van der Waals surface area contributed by atoms with Gasteiger partial charge in [0, 0.05) is 12.4 Å². The topological polar surface area (TPSA) is 180 Å². The fraction of sp³-hybridized carbons (Fsp3) is 0.600. The van der Waals surface area contributed by atoms with E-state index in [4.69, 9.17) is 20.9 Å². The zero-order chi connectivity index (χ0) is 19.6. The van der Waals surface area contributed by atoms with Crippen molar-refractivity contribution in [3.8, 4) is 0 Å². The van der Waals surface area contributed by atoms with Gasteiger partial charge >= 0.3 is 5.97 Å². The molecule has 1 aliphatic rings. The highest BCUT2D eigenvalue weighted by atomic mass is 16.6. The minimum absolute atomic E-state index is 0.141. The molecule has 0 bridgehead atoms. The summed E-state index contributed by atoms with van der Waals surface area (Å²) in [5.74, 6) is -1.85. The molecule has 1 aromatic rings. The number of amides is 1. The van der Waals surface area contributed by atoms with Crippen LogP contribution in [0.5, 0.6) is 0 Å². The highest BCUT2D eigenvalue weighted by molar-refractivity contribution is 5.90. The number of nitrogens with two attached hydrogens (primary N) is 2. The average Bonchev–Trinajstić information content (AvgIpc) is 2.87. The van der Waals surface area contributed by atoms with Crippen molar-refractivity contribution < 1.29 is 29.3 Å². The summed E-state index contributed by atoms with van der Waals surface area (Å²) < 4.78 is 11.3. The molecule has 1 fully saturated rings. The number of nitrogens with zero attached hydrogens (tertiary/aromatic N) is 2. The third-order valence-corrected chi connectivity index (χ3v) is 4.09. The molecule has 0 unspecified atom stereocenters. The molecule has 0 spiro atoms. The smallest absolute Gasteiger partial charge is 0.323 e. The first-order chi connectivity index (χ1) is 12.1. The van der Waals surface area contributed by atoms with Crippen molar-refractivity contribution in [2.75, 3.05) is 6.61 Å². The van der Waals surface area contributed by atoms with Gasteiger partial charge in [0.1, 0.15) is 31.0 Å². The molecular weight excluding hydrogens is 348 g/mol. The lowest BCUT2D eigenvalue weighted by atomic mass is 10.1. The minimum Gasteiger partial charge on any atom is -0.462 e. The van der Waals surface area contributed by atoms with Crippen molar-refractivity contribution in [3.63, 3.8) is 0 Å². The molecule has 0 aromatic carbocycles. The zero-order valence-corrected chi connectivity index (χ0v) is 14.3. The first-order valence-corrected chi connectivity index (χ1v) is 7.96. The van der Waals surface area contributed by atoms with Crippen LogP contribution in [0, 0.1) is 5.92 Å². The predicted molar refractivity (Wildman–Crippen MR) is 86.7 cm³/mol. The first kappa shape index (κ1) is 20.0. The zero-order valence-electron chi connectivity index (χ0n) is 14.3. The van der Waals surface area contributed by atoms with Crippen LogP contribution in [0.3, 0.4) is 0 Å². The lowest BCUT2D eigenvalue weighted by molar-refractivity contribution is -0.152. The van der Waals surface area contributed by atoms with E-state index in [1.54, 1.807) is 13.8 Å². The van der Waals surface area contributed by atoms with Gasteiger partial charge in [-0.2, -0.15) is 0 Å². The van der Waals surface area contributed by atoms with Crippen molar-refractivity contribution in [3.05, 3.63) is 28.4 Å². The highest BCUT2D eigenvalue weighted by Crippen LogP contribution is 2.28. The maximum Gasteiger partial charge on any atom is 0.323 e. The highest BCUT2D eigenvalue weighted by Gasteiger charge is 2.45. The van der Waals surface area contributed by atoms with Crippen molar-refractivity contribution in [1.29, 1.82) is 0 Å². The minimum atomic E-state index is -1.50. The third kappa shape index (κ3) is 3.90. The van der Waals surface area contributed by atoms with Crippen LogP contribution in [0.2, 0.25) is 0 Å². The number of primary amides is 1. The monoisotopic (exact) mass is 370 g/mol. The molecule has 144 valence electrons. The summed E-state index contributed by atoms with van der Waals surface area (Å²) in [4.78, 5) is 38.8. The molecule has 1 aromatic heterocycles. The number of aliphatic hydroxyl groups is 2. The van der Waals surface area contributed by atoms with Gasteiger partial charge in [0.15, 0.2) is 11.9 Å². The maximum absolute atomic E-state index is 12.2. The molecule has 0 aliphatic carbocycles. The number of carbonyl (C=O) groups excluding carboxylic acids is 2. The number of ether oxygens (including phenoxy) is 2. The van der Waals surface area contributed by atoms with E-state index in [9.17, 15) is 24.6 Å². The number of hydrogen-bond acceptors (Lipinski definition) is 9. The molecule has 5 atom stereocenters. The Bertz CT molecular complexity index is 735. The molecule has 0 saturated carbocycles. The van der Waals surface area contributed by atoms with Crippen molar-refractivity contribution in [1.82, 2.24) is 9.55 Å². The largest absolute Gasteiger partial charge is 0.462 e. The van der Waals surface area contributed by atoms with Crippen LogP contribution in [-0.4, -0.2) is 62.6 Å². The Balaban J connectivity index is 2.13. The molecule has 1 amide bonds. The van der Waals surface area contributed by atoms with Crippen molar-refractivity contribution >= 4 is 11.9 Å². The van der Waals surface area contributed by atoms with Gasteiger partial charge in [0.2, 0.25) is 0 Å². The normalized spacial score (nSPS) is 26.7. The molecule has 26 heavy (non-hydrogen) atoms. The maximum atomic E-state index is 12.2. The van der Waals surface area contributed by atoms with Gasteiger partial charge in [-0.05, 0) is 5.92 Å². The van der Waals surface area contributed by atoms with Crippen LogP contribution in [-0.2, 0) is 14.3 Å². The Labute approximate surface area is 148 Å². The first-order valence-electron chi connectivity index (χ1n) is 7.96. The fourth-order valence-electron chi connectivity index (χ4n) is 2.42. The Morgan fingerprint density at radius 2 is 2.04 bits per heavy atom. The fourth-order valence-corrected chi connectivity index (χ4v) is 2.42. The standard InChI is InChI=1S/C15H22N4O7/c1-6(2)8(16)15(24)25-5-7-10(20)11(21)14(26-7)19-4-3-18-9(12(17)22)13(19)23/h3-4,6-8,10-11,14,20-21H,5,16H2,1-2H3,(H2,17,22)/t7-,8+,10-,11-,14-/m1/s1. The van der Waals surface area contributed by atoms with Crippen molar-refractivity contribution in [2.24, 2.45) is 17.4 Å². The summed E-state index contributed by atoms with van der Waals surface area (Å²) in [6, 6.07) is -0.838. The molecule has 0 radical (unpaired) electrons. The van der Waals surface area contributed by atoms with E-state index in [0.717, 1.165) is 10.8 Å². The molecule has 2 heterocycles. The van der Waals surface area contributed by atoms with Gasteiger partial charge in [-0.1, -0.05) is 13.8 Å². The van der Waals surface area contributed by atoms with Crippen molar-refractivity contribution in [2.45, 2.75) is 44.4 Å². The van der Waals surface area contributed by atoms with Gasteiger partial charge in [-0.15, -0.1) is 0 Å². The second-order valence-electron chi connectivity index (χ2n) is 6.30. The second-order valence-corrected chi connectivity index (χ2v) is 6.30. The summed E-state index contributed by atoms with van der Waals surface area (Å²) >= 11 is 0. The van der Waals surface area contributed by atoms with Crippen LogP contribution >= 0.6 is 0 Å². The van der Waals surface area contributed by atoms with Crippen LogP contribution in [0.1, 0.15) is 30.6 Å².